The van der Waals surface area contributed by atoms with E-state index in [9.17, 15) is 23.1 Å². The summed E-state index contributed by atoms with van der Waals surface area (Å²) in [6.07, 6.45) is -1.73. The summed E-state index contributed by atoms with van der Waals surface area (Å²) in [5.74, 6) is -1.28. The van der Waals surface area contributed by atoms with Crippen molar-refractivity contribution in [2.75, 3.05) is 5.32 Å². The third kappa shape index (κ3) is 3.75. The van der Waals surface area contributed by atoms with Crippen molar-refractivity contribution in [1.29, 1.82) is 0 Å². The number of nitrogens with one attached hydrogen (secondary N) is 1. The lowest BCUT2D eigenvalue weighted by Crippen LogP contribution is -2.17. The SMILES string of the molecule is O=C(O)c1ccc2c(c1)nc(Nc1ccccc1OC(F)(F)F)c1ccncc12. The Labute approximate surface area is 161 Å². The average Bonchev–Trinajstić information content (AvgIpc) is 2.68. The normalized spacial score (nSPS) is 11.6. The molecule has 9 heteroatoms. The van der Waals surface area contributed by atoms with Crippen molar-refractivity contribution in [3.63, 3.8) is 0 Å². The molecular weight excluding hydrogens is 387 g/mol. The van der Waals surface area contributed by atoms with E-state index < -0.39 is 18.1 Å². The number of carboxylic acids is 1. The summed E-state index contributed by atoms with van der Waals surface area (Å²) in [6, 6.07) is 11.7. The number of nitrogens with zero attached hydrogens (tertiary/aromatic N) is 2. The number of ether oxygens (including phenoxy) is 1. The minimum atomic E-state index is -4.85. The van der Waals surface area contributed by atoms with Gasteiger partial charge in [0.1, 0.15) is 5.82 Å². The number of alkyl halides is 3. The van der Waals surface area contributed by atoms with E-state index >= 15 is 0 Å². The number of fused-ring (bicyclic) bond motifs is 3. The number of aromatic carboxylic acids is 1. The summed E-state index contributed by atoms with van der Waals surface area (Å²) < 4.78 is 42.2. The van der Waals surface area contributed by atoms with Crippen molar-refractivity contribution in [3.8, 4) is 5.75 Å². The zero-order valence-electron chi connectivity index (χ0n) is 14.6. The fourth-order valence-corrected chi connectivity index (χ4v) is 2.99. The molecule has 0 aliphatic rings. The van der Waals surface area contributed by atoms with Crippen molar-refractivity contribution in [2.24, 2.45) is 0 Å². The van der Waals surface area contributed by atoms with Gasteiger partial charge in [0.05, 0.1) is 16.8 Å². The standard InChI is InChI=1S/C20H12F3N3O3/c21-20(22,23)29-17-4-2-1-3-15(17)25-18-13-7-8-24-10-14(13)12-6-5-11(19(27)28)9-16(12)26-18/h1-10H,(H,25,26)(H,27,28). The Morgan fingerprint density at radius 2 is 1.83 bits per heavy atom. The van der Waals surface area contributed by atoms with Gasteiger partial charge in [-0.1, -0.05) is 18.2 Å². The minimum Gasteiger partial charge on any atom is -0.478 e. The van der Waals surface area contributed by atoms with E-state index in [4.69, 9.17) is 0 Å². The molecule has 0 unspecified atom stereocenters. The lowest BCUT2D eigenvalue weighted by molar-refractivity contribution is -0.274. The van der Waals surface area contributed by atoms with Gasteiger partial charge in [0.25, 0.3) is 0 Å². The highest BCUT2D eigenvalue weighted by Gasteiger charge is 2.32. The summed E-state index contributed by atoms with van der Waals surface area (Å²) in [5, 5.41) is 14.0. The molecule has 0 fully saturated rings. The van der Waals surface area contributed by atoms with Crippen LogP contribution in [0.25, 0.3) is 21.7 Å². The number of carboxylic acid groups (broad SMARTS) is 1. The molecule has 0 atom stereocenters. The number of hydrogen-bond donors (Lipinski definition) is 2. The van der Waals surface area contributed by atoms with Crippen LogP contribution in [0.15, 0.2) is 60.9 Å². The summed E-state index contributed by atoms with van der Waals surface area (Å²) >= 11 is 0. The lowest BCUT2D eigenvalue weighted by atomic mass is 10.1. The number of pyridine rings is 2. The van der Waals surface area contributed by atoms with Crippen LogP contribution in [0.1, 0.15) is 10.4 Å². The maximum absolute atomic E-state index is 12.7. The van der Waals surface area contributed by atoms with Crippen LogP contribution in [0.5, 0.6) is 5.75 Å². The van der Waals surface area contributed by atoms with Crippen molar-refractivity contribution < 1.29 is 27.8 Å². The van der Waals surface area contributed by atoms with Gasteiger partial charge >= 0.3 is 12.3 Å². The molecule has 0 aliphatic heterocycles. The molecule has 0 amide bonds. The average molecular weight is 399 g/mol. The second-order valence-electron chi connectivity index (χ2n) is 6.09. The molecule has 0 bridgehead atoms. The maximum atomic E-state index is 12.7. The number of benzene rings is 2. The molecule has 2 aromatic carbocycles. The Hall–Kier alpha value is -3.88. The Bertz CT molecular complexity index is 1240. The first-order valence-electron chi connectivity index (χ1n) is 8.34. The predicted molar refractivity (Wildman–Crippen MR) is 100 cm³/mol. The lowest BCUT2D eigenvalue weighted by Gasteiger charge is -2.16. The van der Waals surface area contributed by atoms with Gasteiger partial charge in [0, 0.05) is 28.6 Å². The van der Waals surface area contributed by atoms with Crippen LogP contribution in [0.2, 0.25) is 0 Å². The van der Waals surface area contributed by atoms with Gasteiger partial charge in [-0.15, -0.1) is 13.2 Å². The molecule has 0 saturated carbocycles. The summed E-state index contributed by atoms with van der Waals surface area (Å²) in [4.78, 5) is 19.8. The fraction of sp³-hybridized carbons (Fsp3) is 0.0500. The first kappa shape index (κ1) is 18.5. The van der Waals surface area contributed by atoms with Gasteiger partial charge < -0.3 is 15.2 Å². The van der Waals surface area contributed by atoms with E-state index in [-0.39, 0.29) is 17.1 Å². The van der Waals surface area contributed by atoms with Crippen LogP contribution in [0.4, 0.5) is 24.7 Å². The molecule has 4 aromatic rings. The number of rotatable bonds is 4. The second kappa shape index (κ2) is 6.93. The number of aromatic nitrogens is 2. The van der Waals surface area contributed by atoms with E-state index in [1.54, 1.807) is 24.4 Å². The van der Waals surface area contributed by atoms with Crippen LogP contribution in [-0.4, -0.2) is 27.4 Å². The van der Waals surface area contributed by atoms with Gasteiger partial charge in [0.2, 0.25) is 0 Å². The largest absolute Gasteiger partial charge is 0.573 e. The molecule has 2 heterocycles. The quantitative estimate of drug-likeness (QED) is 0.463. The molecule has 6 nitrogen and oxygen atoms in total. The first-order valence-corrected chi connectivity index (χ1v) is 8.34. The zero-order chi connectivity index (χ0) is 20.6. The number of anilines is 2. The summed E-state index contributed by atoms with van der Waals surface area (Å²) in [7, 11) is 0. The van der Waals surface area contributed by atoms with Gasteiger partial charge in [-0.05, 0) is 30.3 Å². The predicted octanol–water partition coefficient (Wildman–Crippen LogP) is 5.12. The smallest absolute Gasteiger partial charge is 0.478 e. The van der Waals surface area contributed by atoms with E-state index in [1.807, 2.05) is 0 Å². The third-order valence-corrected chi connectivity index (χ3v) is 4.21. The van der Waals surface area contributed by atoms with Gasteiger partial charge in [0.15, 0.2) is 5.75 Å². The summed E-state index contributed by atoms with van der Waals surface area (Å²) in [5.41, 5.74) is 0.464. The van der Waals surface area contributed by atoms with Crippen LogP contribution < -0.4 is 10.1 Å². The Kier molecular flexibility index (Phi) is 4.42. The molecule has 0 spiro atoms. The molecule has 0 radical (unpaired) electrons. The van der Waals surface area contributed by atoms with Crippen molar-refractivity contribution in [2.45, 2.75) is 6.36 Å². The monoisotopic (exact) mass is 399 g/mol. The molecule has 2 aromatic heterocycles. The number of hydrogen-bond acceptors (Lipinski definition) is 5. The third-order valence-electron chi connectivity index (χ3n) is 4.21. The Balaban J connectivity index is 1.88. The minimum absolute atomic E-state index is 0.0417. The highest BCUT2D eigenvalue weighted by molar-refractivity contribution is 6.11. The molecule has 0 aliphatic carbocycles. The van der Waals surface area contributed by atoms with Crippen LogP contribution in [0.3, 0.4) is 0 Å². The first-order chi connectivity index (χ1) is 13.8. The van der Waals surface area contributed by atoms with Crippen LogP contribution in [0, 0.1) is 0 Å². The Morgan fingerprint density at radius 3 is 2.59 bits per heavy atom. The number of para-hydroxylation sites is 2. The van der Waals surface area contributed by atoms with E-state index in [1.165, 1.54) is 36.5 Å². The molecule has 2 N–H and O–H groups in total. The van der Waals surface area contributed by atoms with Gasteiger partial charge in [-0.2, -0.15) is 0 Å². The highest BCUT2D eigenvalue weighted by Crippen LogP contribution is 2.35. The molecule has 146 valence electrons. The maximum Gasteiger partial charge on any atom is 0.573 e. The topological polar surface area (TPSA) is 84.3 Å². The van der Waals surface area contributed by atoms with E-state index in [0.29, 0.717) is 21.7 Å². The second-order valence-corrected chi connectivity index (χ2v) is 6.09. The van der Waals surface area contributed by atoms with Crippen LogP contribution in [-0.2, 0) is 0 Å². The fourth-order valence-electron chi connectivity index (χ4n) is 2.99. The number of carbonyl (C=O) groups is 1. The summed E-state index contributed by atoms with van der Waals surface area (Å²) in [6.45, 7) is 0. The molecule has 4 rings (SSSR count). The van der Waals surface area contributed by atoms with Crippen molar-refractivity contribution in [3.05, 3.63) is 66.5 Å². The van der Waals surface area contributed by atoms with Crippen LogP contribution >= 0.6 is 0 Å². The van der Waals surface area contributed by atoms with Gasteiger partial charge in [-0.25, -0.2) is 9.78 Å². The van der Waals surface area contributed by atoms with E-state index in [2.05, 4.69) is 20.0 Å². The highest BCUT2D eigenvalue weighted by atomic mass is 19.4. The molecule has 29 heavy (non-hydrogen) atoms. The molecular formula is C20H12F3N3O3. The zero-order valence-corrected chi connectivity index (χ0v) is 14.6. The molecule has 0 saturated heterocycles. The Morgan fingerprint density at radius 1 is 1.03 bits per heavy atom. The van der Waals surface area contributed by atoms with Gasteiger partial charge in [-0.3, -0.25) is 4.98 Å². The number of halogens is 3. The van der Waals surface area contributed by atoms with E-state index in [0.717, 1.165) is 0 Å². The van der Waals surface area contributed by atoms with Crippen molar-refractivity contribution >= 4 is 39.1 Å². The van der Waals surface area contributed by atoms with Crippen molar-refractivity contribution in [1.82, 2.24) is 9.97 Å².